The number of carbonyl (C=O) groups excluding carboxylic acids is 1. The molecular formula is C22H20ClN3O. The van der Waals surface area contributed by atoms with E-state index in [2.05, 4.69) is 41.6 Å². The minimum absolute atomic E-state index is 0.114. The summed E-state index contributed by atoms with van der Waals surface area (Å²) >= 11 is 6.12. The number of carbonyl (C=O) groups is 1. The summed E-state index contributed by atoms with van der Waals surface area (Å²) in [6.45, 7) is 6.78. The molecule has 4 rings (SSSR count). The molecule has 4 nitrogen and oxygen atoms in total. The first-order valence-electron chi connectivity index (χ1n) is 8.85. The molecule has 1 amide bonds. The molecule has 0 fully saturated rings. The van der Waals surface area contributed by atoms with Crippen molar-refractivity contribution >= 4 is 34.8 Å². The Bertz CT molecular complexity index is 1080. The lowest BCUT2D eigenvalue weighted by atomic mass is 10.0. The number of hydrogen-bond acceptors (Lipinski definition) is 2. The Morgan fingerprint density at radius 2 is 1.85 bits per heavy atom. The van der Waals surface area contributed by atoms with Gasteiger partial charge in [0, 0.05) is 33.1 Å². The molecule has 0 aliphatic carbocycles. The highest BCUT2D eigenvalue weighted by Crippen LogP contribution is 2.35. The van der Waals surface area contributed by atoms with E-state index in [-0.39, 0.29) is 5.91 Å². The highest BCUT2D eigenvalue weighted by Gasteiger charge is 2.25. The number of nitrogens with one attached hydrogen (secondary N) is 1. The minimum Gasteiger partial charge on any atom is -0.321 e. The van der Waals surface area contributed by atoms with Crippen molar-refractivity contribution in [2.75, 3.05) is 5.32 Å². The van der Waals surface area contributed by atoms with Crippen molar-refractivity contribution in [3.8, 4) is 0 Å². The molecular weight excluding hydrogens is 358 g/mol. The number of hydrogen-bond donors (Lipinski definition) is 1. The summed E-state index contributed by atoms with van der Waals surface area (Å²) in [6.07, 6.45) is 1.92. The van der Waals surface area contributed by atoms with Crippen LogP contribution >= 0.6 is 11.6 Å². The molecule has 136 valence electrons. The maximum absolute atomic E-state index is 12.4. The molecule has 0 saturated heterocycles. The fourth-order valence-corrected chi connectivity index (χ4v) is 3.56. The van der Waals surface area contributed by atoms with Crippen molar-refractivity contribution in [1.29, 1.82) is 0 Å². The second-order valence-corrected chi connectivity index (χ2v) is 7.37. The van der Waals surface area contributed by atoms with E-state index >= 15 is 0 Å². The number of aryl methyl sites for hydroxylation is 2. The smallest absolute Gasteiger partial charge is 0.256 e. The van der Waals surface area contributed by atoms with Crippen LogP contribution in [0.3, 0.4) is 0 Å². The van der Waals surface area contributed by atoms with Crippen LogP contribution in [0.4, 0.5) is 5.69 Å². The monoisotopic (exact) mass is 377 g/mol. The Morgan fingerprint density at radius 3 is 2.59 bits per heavy atom. The third-order valence-corrected chi connectivity index (χ3v) is 5.18. The molecule has 5 heteroatoms. The first-order valence-corrected chi connectivity index (χ1v) is 9.22. The third-order valence-electron chi connectivity index (χ3n) is 4.94. The maximum Gasteiger partial charge on any atom is 0.256 e. The van der Waals surface area contributed by atoms with E-state index in [0.717, 1.165) is 28.2 Å². The average molecular weight is 378 g/mol. The lowest BCUT2D eigenvalue weighted by Gasteiger charge is -2.06. The lowest BCUT2D eigenvalue weighted by Crippen LogP contribution is -2.05. The van der Waals surface area contributed by atoms with E-state index < -0.39 is 0 Å². The van der Waals surface area contributed by atoms with Crippen LogP contribution in [-0.4, -0.2) is 15.7 Å². The van der Waals surface area contributed by atoms with Gasteiger partial charge in [0.1, 0.15) is 0 Å². The van der Waals surface area contributed by atoms with Crippen molar-refractivity contribution in [3.63, 3.8) is 0 Å². The Kier molecular flexibility index (Phi) is 4.36. The number of halogens is 1. The molecule has 2 aromatic carbocycles. The van der Waals surface area contributed by atoms with Gasteiger partial charge >= 0.3 is 0 Å². The van der Waals surface area contributed by atoms with Gasteiger partial charge in [-0.15, -0.1) is 0 Å². The molecule has 0 atom stereocenters. The second-order valence-electron chi connectivity index (χ2n) is 6.93. The Balaban J connectivity index is 1.72. The van der Waals surface area contributed by atoms with Crippen LogP contribution in [0.25, 0.3) is 11.6 Å². The number of nitrogens with zero attached hydrogens (tertiary/aromatic N) is 2. The normalized spacial score (nSPS) is 14.5. The van der Waals surface area contributed by atoms with Crippen LogP contribution in [0.15, 0.2) is 42.5 Å². The molecule has 0 radical (unpaired) electrons. The van der Waals surface area contributed by atoms with E-state index in [1.165, 1.54) is 11.1 Å². The van der Waals surface area contributed by atoms with Crippen molar-refractivity contribution in [2.45, 2.75) is 27.3 Å². The first kappa shape index (κ1) is 17.6. The van der Waals surface area contributed by atoms with Crippen LogP contribution < -0.4 is 5.32 Å². The van der Waals surface area contributed by atoms with Gasteiger partial charge in [0.15, 0.2) is 0 Å². The Hall–Kier alpha value is -2.85. The quantitative estimate of drug-likeness (QED) is 0.652. The largest absolute Gasteiger partial charge is 0.321 e. The lowest BCUT2D eigenvalue weighted by molar-refractivity contribution is -0.110. The zero-order valence-electron chi connectivity index (χ0n) is 15.5. The van der Waals surface area contributed by atoms with Gasteiger partial charge in [0.05, 0.1) is 12.2 Å². The van der Waals surface area contributed by atoms with E-state index in [1.807, 2.05) is 36.7 Å². The number of aromatic nitrogens is 2. The Morgan fingerprint density at radius 1 is 1.11 bits per heavy atom. The molecule has 1 aromatic heterocycles. The topological polar surface area (TPSA) is 46.9 Å². The number of benzene rings is 2. The average Bonchev–Trinajstić information content (AvgIpc) is 3.08. The van der Waals surface area contributed by atoms with Gasteiger partial charge in [0.2, 0.25) is 0 Å². The molecule has 27 heavy (non-hydrogen) atoms. The van der Waals surface area contributed by atoms with Crippen molar-refractivity contribution < 1.29 is 4.79 Å². The molecule has 1 aliphatic rings. The van der Waals surface area contributed by atoms with Gasteiger partial charge in [-0.25, -0.2) is 0 Å². The van der Waals surface area contributed by atoms with Crippen LogP contribution in [0.1, 0.15) is 33.6 Å². The van der Waals surface area contributed by atoms with Crippen LogP contribution in [0.2, 0.25) is 5.02 Å². The molecule has 0 unspecified atom stereocenters. The molecule has 1 N–H and O–H groups in total. The van der Waals surface area contributed by atoms with Gasteiger partial charge in [-0.3, -0.25) is 9.48 Å². The highest BCUT2D eigenvalue weighted by molar-refractivity contribution is 6.36. The van der Waals surface area contributed by atoms with Gasteiger partial charge in [-0.2, -0.15) is 5.10 Å². The zero-order valence-corrected chi connectivity index (χ0v) is 16.3. The second kappa shape index (κ2) is 6.71. The number of fused-ring (bicyclic) bond motifs is 1. The predicted octanol–water partition coefficient (Wildman–Crippen LogP) is 5.00. The molecule has 0 saturated carbocycles. The van der Waals surface area contributed by atoms with Crippen LogP contribution in [0, 0.1) is 20.8 Å². The molecule has 0 spiro atoms. The van der Waals surface area contributed by atoms with Crippen molar-refractivity contribution in [2.24, 2.45) is 0 Å². The standard InChI is InChI=1S/C22H20ClN3O/c1-13-4-6-16(7-5-13)12-26-15(3)18(14(2)25-26)11-20-19-10-17(23)8-9-21(19)24-22(20)27/h4-11H,12H2,1-3H3,(H,24,27)/b20-11+. The van der Waals surface area contributed by atoms with Crippen LogP contribution in [0.5, 0.6) is 0 Å². The predicted molar refractivity (Wildman–Crippen MR) is 110 cm³/mol. The summed E-state index contributed by atoms with van der Waals surface area (Å²) in [6, 6.07) is 13.9. The fourth-order valence-electron chi connectivity index (χ4n) is 3.39. The number of rotatable bonds is 3. The molecule has 1 aliphatic heterocycles. The van der Waals surface area contributed by atoms with Crippen molar-refractivity contribution in [3.05, 3.63) is 81.1 Å². The summed E-state index contributed by atoms with van der Waals surface area (Å²) in [5.41, 5.74) is 7.58. The van der Waals surface area contributed by atoms with Gasteiger partial charge < -0.3 is 5.32 Å². The minimum atomic E-state index is -0.114. The van der Waals surface area contributed by atoms with Gasteiger partial charge in [0.25, 0.3) is 5.91 Å². The summed E-state index contributed by atoms with van der Waals surface area (Å²) in [4.78, 5) is 12.4. The molecule has 2 heterocycles. The van der Waals surface area contributed by atoms with Gasteiger partial charge in [-0.1, -0.05) is 41.4 Å². The molecule has 3 aromatic rings. The fraction of sp³-hybridized carbons (Fsp3) is 0.182. The summed E-state index contributed by atoms with van der Waals surface area (Å²) < 4.78 is 1.98. The summed E-state index contributed by atoms with van der Waals surface area (Å²) in [7, 11) is 0. The Labute approximate surface area is 163 Å². The van der Waals surface area contributed by atoms with Crippen LogP contribution in [-0.2, 0) is 11.3 Å². The summed E-state index contributed by atoms with van der Waals surface area (Å²) in [5, 5.41) is 8.19. The van der Waals surface area contributed by atoms with Crippen molar-refractivity contribution in [1.82, 2.24) is 9.78 Å². The zero-order chi connectivity index (χ0) is 19.1. The maximum atomic E-state index is 12.4. The SMILES string of the molecule is Cc1ccc(Cn2nc(C)c(/C=C3/C(=O)Nc4ccc(Cl)cc43)c2C)cc1. The summed E-state index contributed by atoms with van der Waals surface area (Å²) in [5.74, 6) is -0.114. The van der Waals surface area contributed by atoms with E-state index in [4.69, 9.17) is 11.6 Å². The van der Waals surface area contributed by atoms with Gasteiger partial charge in [-0.05, 0) is 50.6 Å². The molecule has 0 bridgehead atoms. The van der Waals surface area contributed by atoms with E-state index in [9.17, 15) is 4.79 Å². The number of amides is 1. The first-order chi connectivity index (χ1) is 12.9. The third kappa shape index (κ3) is 3.28. The highest BCUT2D eigenvalue weighted by atomic mass is 35.5. The number of anilines is 1. The van der Waals surface area contributed by atoms with E-state index in [1.54, 1.807) is 6.07 Å². The van der Waals surface area contributed by atoms with E-state index in [0.29, 0.717) is 17.1 Å².